The molecule has 3 aromatic rings. The van der Waals surface area contributed by atoms with Crippen LogP contribution in [0.3, 0.4) is 0 Å². The fourth-order valence-electron chi connectivity index (χ4n) is 3.42. The van der Waals surface area contributed by atoms with Crippen LogP contribution in [0.2, 0.25) is 0 Å². The van der Waals surface area contributed by atoms with E-state index >= 15 is 0 Å². The molecule has 0 amide bonds. The molecule has 0 spiro atoms. The van der Waals surface area contributed by atoms with Crippen LogP contribution >= 0.6 is 7.26 Å². The first kappa shape index (κ1) is 22.3. The van der Waals surface area contributed by atoms with Crippen LogP contribution < -0.4 is 15.9 Å². The Morgan fingerprint density at radius 1 is 0.655 bits per heavy atom. The molecule has 3 rings (SSSR count). The van der Waals surface area contributed by atoms with Gasteiger partial charge in [-0.15, -0.1) is 0 Å². The zero-order chi connectivity index (χ0) is 21.3. The Labute approximate surface area is 171 Å². The SMILES string of the molecule is CN(C)C[PH](c1ccccc1)(c1ccccc1)c1ccccc1.O=C(O)C(=O)O. The third-order valence-electron chi connectivity index (χ3n) is 4.54. The molecule has 0 saturated heterocycles. The summed E-state index contributed by atoms with van der Waals surface area (Å²) in [6.45, 7) is 0. The average molecular weight is 411 g/mol. The predicted octanol–water partition coefficient (Wildman–Crippen LogP) is 2.39. The minimum Gasteiger partial charge on any atom is -0.473 e. The molecule has 0 heterocycles. The molecule has 0 radical (unpaired) electrons. The molecule has 29 heavy (non-hydrogen) atoms. The van der Waals surface area contributed by atoms with Crippen LogP contribution in [0.25, 0.3) is 0 Å². The van der Waals surface area contributed by atoms with Crippen molar-refractivity contribution in [1.82, 2.24) is 4.90 Å². The summed E-state index contributed by atoms with van der Waals surface area (Å²) < 4.78 is 0. The Kier molecular flexibility index (Phi) is 8.08. The van der Waals surface area contributed by atoms with Crippen LogP contribution in [0.1, 0.15) is 0 Å². The summed E-state index contributed by atoms with van der Waals surface area (Å²) in [7, 11) is 2.29. The standard InChI is InChI=1S/C21H24NP.C2H2O4/c1-22(2)18-23(19-12-6-3-7-13-19,20-14-8-4-9-15-20)21-16-10-5-11-17-21;3-1(4)2(5)6/h3-17,23H,18H2,1-2H3;(H,3,4)(H,5,6). The van der Waals surface area contributed by atoms with E-state index in [4.69, 9.17) is 19.8 Å². The van der Waals surface area contributed by atoms with Crippen LogP contribution in [0, 0.1) is 0 Å². The van der Waals surface area contributed by atoms with Crippen molar-refractivity contribution in [3.63, 3.8) is 0 Å². The van der Waals surface area contributed by atoms with E-state index in [0.29, 0.717) is 0 Å². The normalized spacial score (nSPS) is 11.3. The maximum Gasteiger partial charge on any atom is 0.414 e. The second kappa shape index (κ2) is 10.5. The predicted molar refractivity (Wildman–Crippen MR) is 120 cm³/mol. The fourth-order valence-corrected chi connectivity index (χ4v) is 8.20. The van der Waals surface area contributed by atoms with Crippen molar-refractivity contribution in [3.8, 4) is 0 Å². The van der Waals surface area contributed by atoms with E-state index in [1.54, 1.807) is 0 Å². The van der Waals surface area contributed by atoms with Crippen molar-refractivity contribution < 1.29 is 19.8 Å². The second-order valence-electron chi connectivity index (χ2n) is 6.85. The molecule has 0 fully saturated rings. The summed E-state index contributed by atoms with van der Waals surface area (Å²) >= 11 is 0. The number of carbonyl (C=O) groups is 2. The van der Waals surface area contributed by atoms with Gasteiger partial charge in [-0.25, -0.2) is 9.59 Å². The summed E-state index contributed by atoms with van der Waals surface area (Å²) in [5.74, 6) is -3.65. The molecule has 152 valence electrons. The molecule has 0 aliphatic heterocycles. The van der Waals surface area contributed by atoms with Crippen LogP contribution in [0.5, 0.6) is 0 Å². The van der Waals surface area contributed by atoms with Crippen molar-refractivity contribution in [2.75, 3.05) is 20.4 Å². The summed E-state index contributed by atoms with van der Waals surface area (Å²) in [5, 5.41) is 19.2. The van der Waals surface area contributed by atoms with Crippen molar-refractivity contribution in [2.45, 2.75) is 0 Å². The molecule has 0 atom stereocenters. The zero-order valence-electron chi connectivity index (χ0n) is 16.5. The Balaban J connectivity index is 0.000000438. The molecule has 3 aromatic carbocycles. The Morgan fingerprint density at radius 2 is 0.931 bits per heavy atom. The first-order valence-corrected chi connectivity index (χ1v) is 11.4. The van der Waals surface area contributed by atoms with Gasteiger partial charge in [0, 0.05) is 0 Å². The van der Waals surface area contributed by atoms with Crippen molar-refractivity contribution >= 4 is 35.1 Å². The van der Waals surface area contributed by atoms with E-state index in [1.165, 1.54) is 15.9 Å². The molecule has 2 N–H and O–H groups in total. The van der Waals surface area contributed by atoms with Gasteiger partial charge in [0.1, 0.15) is 0 Å². The molecular formula is C23H26NO4P. The maximum atomic E-state index is 9.10. The Morgan fingerprint density at radius 3 is 1.14 bits per heavy atom. The van der Waals surface area contributed by atoms with Gasteiger partial charge in [-0.3, -0.25) is 0 Å². The Bertz CT molecular complexity index is 807. The monoisotopic (exact) mass is 411 g/mol. The Hall–Kier alpha value is -3.01. The smallest absolute Gasteiger partial charge is 0.414 e. The second-order valence-corrected chi connectivity index (χ2v) is 10.7. The van der Waals surface area contributed by atoms with Crippen LogP contribution in [0.4, 0.5) is 0 Å². The minimum absolute atomic E-state index is 1.06. The van der Waals surface area contributed by atoms with E-state index in [2.05, 4.69) is 110 Å². The van der Waals surface area contributed by atoms with Gasteiger partial charge < -0.3 is 10.2 Å². The molecule has 0 saturated carbocycles. The van der Waals surface area contributed by atoms with Gasteiger partial charge in [0.15, 0.2) is 0 Å². The molecule has 0 unspecified atom stereocenters. The van der Waals surface area contributed by atoms with Crippen molar-refractivity contribution in [2.24, 2.45) is 0 Å². The first-order valence-electron chi connectivity index (χ1n) is 9.15. The van der Waals surface area contributed by atoms with Gasteiger partial charge in [0.2, 0.25) is 0 Å². The van der Waals surface area contributed by atoms with Gasteiger partial charge in [-0.1, -0.05) is 0 Å². The summed E-state index contributed by atoms with van der Waals surface area (Å²) in [5.41, 5.74) is 0. The van der Waals surface area contributed by atoms with E-state index in [0.717, 1.165) is 6.29 Å². The average Bonchev–Trinajstić information content (AvgIpc) is 2.74. The van der Waals surface area contributed by atoms with Crippen LogP contribution in [0.15, 0.2) is 91.0 Å². The first-order chi connectivity index (χ1) is 13.9. The van der Waals surface area contributed by atoms with Crippen LogP contribution in [-0.2, 0) is 9.59 Å². The fraction of sp³-hybridized carbons (Fsp3) is 0.130. The van der Waals surface area contributed by atoms with Gasteiger partial charge in [0.25, 0.3) is 0 Å². The summed E-state index contributed by atoms with van der Waals surface area (Å²) in [4.78, 5) is 20.5. The molecule has 5 nitrogen and oxygen atoms in total. The van der Waals surface area contributed by atoms with E-state index in [-0.39, 0.29) is 0 Å². The number of rotatable bonds is 5. The minimum atomic E-state index is -2.06. The molecule has 0 aromatic heterocycles. The zero-order valence-corrected chi connectivity index (χ0v) is 17.5. The van der Waals surface area contributed by atoms with Gasteiger partial charge >= 0.3 is 151 Å². The molecule has 0 aliphatic rings. The molecule has 0 bridgehead atoms. The number of benzene rings is 3. The van der Waals surface area contributed by atoms with Gasteiger partial charge in [-0.2, -0.15) is 0 Å². The summed E-state index contributed by atoms with van der Waals surface area (Å²) in [6.07, 6.45) is 1.06. The topological polar surface area (TPSA) is 77.8 Å². The molecular weight excluding hydrogens is 385 g/mol. The number of carboxylic acids is 2. The number of nitrogens with zero attached hydrogens (tertiary/aromatic N) is 1. The third kappa shape index (κ3) is 5.74. The van der Waals surface area contributed by atoms with Crippen molar-refractivity contribution in [1.29, 1.82) is 0 Å². The largest absolute Gasteiger partial charge is 0.473 e. The number of hydrogen-bond donors (Lipinski definition) is 2. The van der Waals surface area contributed by atoms with Gasteiger partial charge in [0.05, 0.1) is 0 Å². The van der Waals surface area contributed by atoms with E-state index in [9.17, 15) is 0 Å². The van der Waals surface area contributed by atoms with E-state index < -0.39 is 19.2 Å². The van der Waals surface area contributed by atoms with E-state index in [1.807, 2.05) is 0 Å². The van der Waals surface area contributed by atoms with Gasteiger partial charge in [-0.05, 0) is 0 Å². The third-order valence-corrected chi connectivity index (χ3v) is 9.60. The number of carboxylic acid groups (broad SMARTS) is 2. The quantitative estimate of drug-likeness (QED) is 0.498. The molecule has 0 aliphatic carbocycles. The van der Waals surface area contributed by atoms with Crippen molar-refractivity contribution in [3.05, 3.63) is 91.0 Å². The summed E-state index contributed by atoms with van der Waals surface area (Å²) in [6, 6.07) is 33.1. The number of aliphatic carboxylic acids is 2. The van der Waals surface area contributed by atoms with Crippen LogP contribution in [-0.4, -0.2) is 47.4 Å². The maximum absolute atomic E-state index is 9.10. The molecule has 6 heteroatoms. The number of hydrogen-bond acceptors (Lipinski definition) is 3.